The normalized spacial score (nSPS) is 20.7. The van der Waals surface area contributed by atoms with E-state index in [9.17, 15) is 9.59 Å². The van der Waals surface area contributed by atoms with Crippen LogP contribution in [0.1, 0.15) is 19.2 Å². The van der Waals surface area contributed by atoms with Gasteiger partial charge in [-0.1, -0.05) is 30.3 Å². The first-order valence-electron chi connectivity index (χ1n) is 13.7. The lowest BCUT2D eigenvalue weighted by Gasteiger charge is -2.29. The van der Waals surface area contributed by atoms with Crippen molar-refractivity contribution in [2.75, 3.05) is 32.6 Å². The monoisotopic (exact) mass is 576 g/mol. The van der Waals surface area contributed by atoms with Gasteiger partial charge in [0.2, 0.25) is 11.9 Å². The lowest BCUT2D eigenvalue weighted by Crippen LogP contribution is -2.49. The van der Waals surface area contributed by atoms with Crippen molar-refractivity contribution in [1.29, 1.82) is 0 Å². The van der Waals surface area contributed by atoms with Crippen LogP contribution in [0.5, 0.6) is 0 Å². The quantitative estimate of drug-likeness (QED) is 0.391. The SMILES string of the molecule is CO[C@H]1CN(C)C(=O)[C@@H]2C[C@@H](CN2C(=O)OCc2ccccc2)Nc2ncc(F)c(n2)-c2nccc3nc(C)n(c23)C1.[HH]. The first-order chi connectivity index (χ1) is 20.3. The molecule has 0 saturated carbocycles. The molecule has 2 aliphatic rings. The number of nitrogens with zero attached hydrogens (tertiary/aromatic N) is 7. The van der Waals surface area contributed by atoms with Crippen LogP contribution < -0.4 is 5.32 Å². The number of likely N-dealkylation sites (tertiary alicyclic amines) is 1. The summed E-state index contributed by atoms with van der Waals surface area (Å²) in [5, 5.41) is 3.20. The molecule has 6 rings (SSSR count). The van der Waals surface area contributed by atoms with Crippen LogP contribution in [-0.2, 0) is 27.4 Å². The molecular weight excluding hydrogens is 543 g/mol. The van der Waals surface area contributed by atoms with E-state index < -0.39 is 30.1 Å². The Balaban J connectivity index is 0.00000368. The largest absolute Gasteiger partial charge is 0.445 e. The Morgan fingerprint density at radius 2 is 1.93 bits per heavy atom. The number of imidazole rings is 1. The van der Waals surface area contributed by atoms with Crippen molar-refractivity contribution in [2.45, 2.75) is 44.7 Å². The highest BCUT2D eigenvalue weighted by atomic mass is 19.1. The molecule has 0 radical (unpaired) electrons. The molecule has 0 aliphatic carbocycles. The van der Waals surface area contributed by atoms with Crippen LogP contribution >= 0.6 is 0 Å². The van der Waals surface area contributed by atoms with Crippen molar-refractivity contribution in [3.8, 4) is 11.4 Å². The Morgan fingerprint density at radius 3 is 2.71 bits per heavy atom. The molecule has 1 aromatic carbocycles. The highest BCUT2D eigenvalue weighted by molar-refractivity contribution is 5.89. The average molecular weight is 577 g/mol. The van der Waals surface area contributed by atoms with Gasteiger partial charge >= 0.3 is 6.09 Å². The Labute approximate surface area is 243 Å². The number of benzene rings is 1. The minimum Gasteiger partial charge on any atom is -0.445 e. The fourth-order valence-corrected chi connectivity index (χ4v) is 5.62. The number of amides is 2. The van der Waals surface area contributed by atoms with Crippen LogP contribution in [0, 0.1) is 12.7 Å². The fraction of sp³-hybridized carbons (Fsp3) is 0.379. The van der Waals surface area contributed by atoms with Crippen LogP contribution in [-0.4, -0.2) is 91.7 Å². The minimum atomic E-state index is -0.793. The molecule has 220 valence electrons. The molecule has 1 N–H and O–H groups in total. The van der Waals surface area contributed by atoms with E-state index in [1.54, 1.807) is 31.3 Å². The minimum absolute atomic E-state index is 0. The average Bonchev–Trinajstić information content (AvgIpc) is 3.56. The summed E-state index contributed by atoms with van der Waals surface area (Å²) in [6.07, 6.45) is 1.90. The van der Waals surface area contributed by atoms with E-state index in [0.717, 1.165) is 11.8 Å². The van der Waals surface area contributed by atoms with E-state index in [2.05, 4.69) is 25.3 Å². The highest BCUT2D eigenvalue weighted by Crippen LogP contribution is 2.30. The summed E-state index contributed by atoms with van der Waals surface area (Å²) in [4.78, 5) is 47.9. The Kier molecular flexibility index (Phi) is 7.42. The maximum Gasteiger partial charge on any atom is 0.410 e. The van der Waals surface area contributed by atoms with E-state index in [-0.39, 0.29) is 45.1 Å². The molecule has 13 heteroatoms. The molecule has 0 spiro atoms. The smallest absolute Gasteiger partial charge is 0.410 e. The topological polar surface area (TPSA) is 128 Å². The van der Waals surface area contributed by atoms with Crippen molar-refractivity contribution in [2.24, 2.45) is 0 Å². The maximum atomic E-state index is 15.2. The summed E-state index contributed by atoms with van der Waals surface area (Å²) in [6.45, 7) is 2.66. The molecule has 42 heavy (non-hydrogen) atoms. The number of rotatable bonds is 3. The van der Waals surface area contributed by atoms with E-state index in [1.807, 2.05) is 41.8 Å². The van der Waals surface area contributed by atoms with Crippen molar-refractivity contribution < 1.29 is 24.9 Å². The zero-order valence-corrected chi connectivity index (χ0v) is 23.5. The van der Waals surface area contributed by atoms with Gasteiger partial charge in [0, 0.05) is 40.9 Å². The molecule has 1 saturated heterocycles. The number of nitrogens with one attached hydrogen (secondary N) is 1. The predicted octanol–water partition coefficient (Wildman–Crippen LogP) is 3.26. The molecule has 0 unspecified atom stereocenters. The van der Waals surface area contributed by atoms with E-state index in [4.69, 9.17) is 9.47 Å². The number of fused-ring (bicyclic) bond motifs is 5. The van der Waals surface area contributed by atoms with Gasteiger partial charge in [-0.15, -0.1) is 0 Å². The second-order valence-electron chi connectivity index (χ2n) is 10.5. The van der Waals surface area contributed by atoms with Gasteiger partial charge < -0.3 is 24.3 Å². The number of pyridine rings is 1. The third kappa shape index (κ3) is 5.22. The zero-order valence-electron chi connectivity index (χ0n) is 23.5. The molecule has 2 aliphatic heterocycles. The molecule has 4 bridgehead atoms. The van der Waals surface area contributed by atoms with Crippen LogP contribution in [0.15, 0.2) is 48.8 Å². The second kappa shape index (κ2) is 11.3. The van der Waals surface area contributed by atoms with Gasteiger partial charge in [-0.05, 0) is 25.0 Å². The first-order valence-corrected chi connectivity index (χ1v) is 13.7. The maximum absolute atomic E-state index is 15.2. The van der Waals surface area contributed by atoms with Gasteiger partial charge in [-0.25, -0.2) is 24.1 Å². The number of aromatic nitrogens is 5. The number of methoxy groups -OCH3 is 1. The summed E-state index contributed by atoms with van der Waals surface area (Å²) >= 11 is 0. The molecular formula is C29H33FN8O4. The standard InChI is InChI=1S/C29H31FN8O4.H2/c1-17-33-22-9-10-31-25-24-21(30)12-32-28(35-24)34-19-11-23(27(39)36(2)14-20(41-3)15-37(17)26(22)25)38(13-19)29(40)42-16-18-7-5-4-6-8-18;/h4-10,12,19-20,23H,11,13-16H2,1-3H3,(H,32,34,35);1H/t19-,20-,23-;/m0./s1. The third-order valence-corrected chi connectivity index (χ3v) is 7.75. The highest BCUT2D eigenvalue weighted by Gasteiger charge is 2.42. The van der Waals surface area contributed by atoms with Gasteiger partial charge in [0.25, 0.3) is 0 Å². The van der Waals surface area contributed by atoms with Gasteiger partial charge in [0.1, 0.15) is 29.9 Å². The number of halogens is 1. The molecule has 12 nitrogen and oxygen atoms in total. The molecule has 3 atom stereocenters. The van der Waals surface area contributed by atoms with Crippen molar-refractivity contribution in [1.82, 2.24) is 34.3 Å². The number of hydrogen-bond acceptors (Lipinski definition) is 9. The summed E-state index contributed by atoms with van der Waals surface area (Å²) < 4.78 is 28.5. The number of carbonyl (C=O) groups is 2. The number of hydrogen-bond donors (Lipinski definition) is 1. The Hall–Kier alpha value is -4.65. The Bertz CT molecular complexity index is 1640. The van der Waals surface area contributed by atoms with Crippen LogP contribution in [0.2, 0.25) is 0 Å². The molecule has 5 heterocycles. The van der Waals surface area contributed by atoms with E-state index >= 15 is 4.39 Å². The summed E-state index contributed by atoms with van der Waals surface area (Å²) in [5.74, 6) is -0.0486. The zero-order chi connectivity index (χ0) is 29.4. The third-order valence-electron chi connectivity index (χ3n) is 7.75. The summed E-state index contributed by atoms with van der Waals surface area (Å²) in [6, 6.07) is 9.90. The van der Waals surface area contributed by atoms with Crippen molar-refractivity contribution >= 4 is 29.0 Å². The number of ether oxygens (including phenoxy) is 2. The van der Waals surface area contributed by atoms with E-state index in [0.29, 0.717) is 29.1 Å². The second-order valence-corrected chi connectivity index (χ2v) is 10.5. The Morgan fingerprint density at radius 1 is 1.12 bits per heavy atom. The summed E-state index contributed by atoms with van der Waals surface area (Å²) in [5.41, 5.74) is 2.42. The predicted molar refractivity (Wildman–Crippen MR) is 153 cm³/mol. The van der Waals surface area contributed by atoms with E-state index in [1.165, 1.54) is 4.90 Å². The number of likely N-dealkylation sites (N-methyl/N-ethyl adjacent to an activating group) is 1. The van der Waals surface area contributed by atoms with Gasteiger partial charge in [0.15, 0.2) is 5.82 Å². The van der Waals surface area contributed by atoms with Crippen LogP contribution in [0.4, 0.5) is 15.1 Å². The number of aryl methyl sites for hydroxylation is 1. The van der Waals surface area contributed by atoms with Crippen LogP contribution in [0.25, 0.3) is 22.4 Å². The fourth-order valence-electron chi connectivity index (χ4n) is 5.62. The molecule has 4 aromatic rings. The number of anilines is 1. The number of carbonyl (C=O) groups excluding carboxylic acids is 2. The van der Waals surface area contributed by atoms with Gasteiger partial charge in [-0.2, -0.15) is 0 Å². The molecule has 3 aromatic heterocycles. The first kappa shape index (κ1) is 27.5. The lowest BCUT2D eigenvalue weighted by atomic mass is 10.1. The van der Waals surface area contributed by atoms with Gasteiger partial charge in [0.05, 0.1) is 29.9 Å². The van der Waals surface area contributed by atoms with Crippen molar-refractivity contribution in [3.63, 3.8) is 0 Å². The lowest BCUT2D eigenvalue weighted by molar-refractivity contribution is -0.136. The van der Waals surface area contributed by atoms with Gasteiger partial charge in [-0.3, -0.25) is 14.7 Å². The molecule has 2 amide bonds. The van der Waals surface area contributed by atoms with Crippen LogP contribution in [0.3, 0.4) is 0 Å². The summed E-state index contributed by atoms with van der Waals surface area (Å²) in [7, 11) is 3.26. The van der Waals surface area contributed by atoms with Crippen molar-refractivity contribution in [3.05, 3.63) is 66.0 Å². The molecule has 1 fully saturated rings.